The molecule has 0 spiro atoms. The molecule has 1 aliphatic rings. The number of likely N-dealkylation sites (tertiary alicyclic amines) is 1. The van der Waals surface area contributed by atoms with Crippen LogP contribution in [0.5, 0.6) is 5.75 Å². The van der Waals surface area contributed by atoms with Crippen molar-refractivity contribution in [3.05, 3.63) is 24.3 Å². The van der Waals surface area contributed by atoms with Gasteiger partial charge in [0.25, 0.3) is 0 Å². The molecule has 1 amide bonds. The first-order valence-corrected chi connectivity index (χ1v) is 7.55. The Bertz CT molecular complexity index is 492. The number of benzene rings is 1. The van der Waals surface area contributed by atoms with Gasteiger partial charge in [-0.05, 0) is 44.5 Å². The minimum absolute atomic E-state index is 0.286. The van der Waals surface area contributed by atoms with Gasteiger partial charge in [-0.2, -0.15) is 0 Å². The number of nitrogens with two attached hydrogens (primary N) is 1. The van der Waals surface area contributed by atoms with Crippen LogP contribution in [0, 0.1) is 0 Å². The van der Waals surface area contributed by atoms with E-state index in [1.807, 2.05) is 24.3 Å². The lowest BCUT2D eigenvalue weighted by molar-refractivity contribution is -0.122. The van der Waals surface area contributed by atoms with Crippen molar-refractivity contribution in [2.45, 2.75) is 31.7 Å². The lowest BCUT2D eigenvalue weighted by Gasteiger charge is -2.32. The molecule has 1 unspecified atom stereocenters. The van der Waals surface area contributed by atoms with Gasteiger partial charge in [0.15, 0.2) is 0 Å². The largest absolute Gasteiger partial charge is 0.495 e. The van der Waals surface area contributed by atoms with E-state index in [9.17, 15) is 4.79 Å². The summed E-state index contributed by atoms with van der Waals surface area (Å²) in [6.45, 7) is 5.04. The monoisotopic (exact) mass is 291 g/mol. The number of methoxy groups -OCH3 is 1. The summed E-state index contributed by atoms with van der Waals surface area (Å²) < 4.78 is 5.36. The first-order chi connectivity index (χ1) is 10.1. The number of nitrogens with one attached hydrogen (secondary N) is 1. The zero-order valence-corrected chi connectivity index (χ0v) is 12.9. The number of hydrogen-bond donors (Lipinski definition) is 2. The number of para-hydroxylation sites is 2. The van der Waals surface area contributed by atoms with Crippen LogP contribution in [0.1, 0.15) is 26.2 Å². The normalized spacial score (nSPS) is 23.3. The fourth-order valence-corrected chi connectivity index (χ4v) is 2.95. The summed E-state index contributed by atoms with van der Waals surface area (Å²) in [5.41, 5.74) is 5.86. The Kier molecular flexibility index (Phi) is 5.07. The third kappa shape index (κ3) is 3.47. The summed E-state index contributed by atoms with van der Waals surface area (Å²) >= 11 is 0. The molecule has 0 radical (unpaired) electrons. The number of nitrogens with zero attached hydrogens (tertiary/aromatic N) is 1. The van der Waals surface area contributed by atoms with Gasteiger partial charge in [0.1, 0.15) is 11.3 Å². The molecule has 21 heavy (non-hydrogen) atoms. The summed E-state index contributed by atoms with van der Waals surface area (Å²) in [6, 6.07) is 7.64. The van der Waals surface area contributed by atoms with Gasteiger partial charge in [-0.1, -0.05) is 19.1 Å². The molecule has 116 valence electrons. The summed E-state index contributed by atoms with van der Waals surface area (Å²) in [5.74, 6) is 0.445. The smallest absolute Gasteiger partial charge is 0.243 e. The van der Waals surface area contributed by atoms with Crippen LogP contribution in [-0.2, 0) is 4.79 Å². The number of hydrogen-bond acceptors (Lipinski definition) is 4. The molecule has 0 bridgehead atoms. The second-order valence-corrected chi connectivity index (χ2v) is 5.56. The molecule has 2 rings (SSSR count). The van der Waals surface area contributed by atoms with Gasteiger partial charge in [0, 0.05) is 6.54 Å². The van der Waals surface area contributed by atoms with Gasteiger partial charge in [0.2, 0.25) is 5.91 Å². The second kappa shape index (κ2) is 6.80. The highest BCUT2D eigenvalue weighted by molar-refractivity contribution is 5.88. The maximum absolute atomic E-state index is 12.1. The molecule has 5 heteroatoms. The average molecular weight is 291 g/mol. The van der Waals surface area contributed by atoms with Crippen molar-refractivity contribution in [3.63, 3.8) is 0 Å². The average Bonchev–Trinajstić information content (AvgIpc) is 2.71. The summed E-state index contributed by atoms with van der Waals surface area (Å²) in [4.78, 5) is 14.5. The second-order valence-electron chi connectivity index (χ2n) is 5.56. The van der Waals surface area contributed by atoms with Crippen LogP contribution < -0.4 is 15.8 Å². The standard InChI is InChI=1S/C16H25N3O2/c1-3-19-11-6-9-16(10-12-19,15(17)20)18-13-7-4-5-8-14(13)21-2/h4-5,7-8,18H,3,6,9-12H2,1-2H3,(H2,17,20). The SMILES string of the molecule is CCN1CCCC(Nc2ccccc2OC)(C(N)=O)CC1. The molecule has 1 aromatic carbocycles. The van der Waals surface area contributed by atoms with Crippen LogP contribution in [-0.4, -0.2) is 43.1 Å². The zero-order chi connectivity index (χ0) is 15.3. The number of ether oxygens (including phenoxy) is 1. The van der Waals surface area contributed by atoms with Crippen LogP contribution >= 0.6 is 0 Å². The summed E-state index contributed by atoms with van der Waals surface area (Å²) in [5, 5.41) is 3.37. The first-order valence-electron chi connectivity index (χ1n) is 7.55. The molecule has 3 N–H and O–H groups in total. The van der Waals surface area contributed by atoms with Crippen molar-refractivity contribution in [1.29, 1.82) is 0 Å². The van der Waals surface area contributed by atoms with Crippen LogP contribution in [0.2, 0.25) is 0 Å². The quantitative estimate of drug-likeness (QED) is 0.868. The molecule has 0 saturated carbocycles. The van der Waals surface area contributed by atoms with Crippen molar-refractivity contribution in [1.82, 2.24) is 4.90 Å². The van der Waals surface area contributed by atoms with E-state index in [-0.39, 0.29) is 5.91 Å². The zero-order valence-electron chi connectivity index (χ0n) is 12.9. The molecule has 1 aromatic rings. The fraction of sp³-hybridized carbons (Fsp3) is 0.562. The van der Waals surface area contributed by atoms with E-state index in [4.69, 9.17) is 10.5 Å². The van der Waals surface area contributed by atoms with Gasteiger partial charge in [-0.15, -0.1) is 0 Å². The van der Waals surface area contributed by atoms with Crippen molar-refractivity contribution in [3.8, 4) is 5.75 Å². The van der Waals surface area contributed by atoms with E-state index in [0.29, 0.717) is 6.42 Å². The Morgan fingerprint density at radius 2 is 2.14 bits per heavy atom. The van der Waals surface area contributed by atoms with E-state index < -0.39 is 5.54 Å². The van der Waals surface area contributed by atoms with Gasteiger partial charge >= 0.3 is 0 Å². The molecule has 1 heterocycles. The van der Waals surface area contributed by atoms with Crippen molar-refractivity contribution >= 4 is 11.6 Å². The van der Waals surface area contributed by atoms with Gasteiger partial charge < -0.3 is 20.7 Å². The van der Waals surface area contributed by atoms with Crippen LogP contribution in [0.4, 0.5) is 5.69 Å². The molecule has 1 fully saturated rings. The maximum atomic E-state index is 12.1. The number of amides is 1. The predicted molar refractivity (Wildman–Crippen MR) is 84.5 cm³/mol. The minimum atomic E-state index is -0.696. The Hall–Kier alpha value is -1.75. The van der Waals surface area contributed by atoms with E-state index >= 15 is 0 Å². The number of primary amides is 1. The van der Waals surface area contributed by atoms with E-state index in [0.717, 1.165) is 43.9 Å². The molecule has 1 aliphatic heterocycles. The van der Waals surface area contributed by atoms with Crippen LogP contribution in [0.15, 0.2) is 24.3 Å². The van der Waals surface area contributed by atoms with Gasteiger partial charge in [-0.3, -0.25) is 4.79 Å². The highest BCUT2D eigenvalue weighted by Crippen LogP contribution is 2.31. The van der Waals surface area contributed by atoms with Crippen LogP contribution in [0.3, 0.4) is 0 Å². The fourth-order valence-electron chi connectivity index (χ4n) is 2.95. The lowest BCUT2D eigenvalue weighted by atomic mass is 9.89. The highest BCUT2D eigenvalue weighted by Gasteiger charge is 2.38. The summed E-state index contributed by atoms with van der Waals surface area (Å²) in [7, 11) is 1.63. The maximum Gasteiger partial charge on any atom is 0.243 e. The van der Waals surface area contributed by atoms with Crippen molar-refractivity contribution < 1.29 is 9.53 Å². The molecular weight excluding hydrogens is 266 g/mol. The third-order valence-electron chi connectivity index (χ3n) is 4.33. The highest BCUT2D eigenvalue weighted by atomic mass is 16.5. The van der Waals surface area contributed by atoms with Crippen molar-refractivity contribution in [2.24, 2.45) is 5.73 Å². The Balaban J connectivity index is 2.24. The molecule has 0 aromatic heterocycles. The minimum Gasteiger partial charge on any atom is -0.495 e. The Labute approximate surface area is 126 Å². The number of carbonyl (C=O) groups is 1. The van der Waals surface area contributed by atoms with Crippen molar-refractivity contribution in [2.75, 3.05) is 32.1 Å². The van der Waals surface area contributed by atoms with Crippen LogP contribution in [0.25, 0.3) is 0 Å². The molecular formula is C16H25N3O2. The van der Waals surface area contributed by atoms with E-state index in [1.54, 1.807) is 7.11 Å². The molecule has 0 aliphatic carbocycles. The first kappa shape index (κ1) is 15.6. The number of carbonyl (C=O) groups excluding carboxylic acids is 1. The van der Waals surface area contributed by atoms with Gasteiger partial charge in [0.05, 0.1) is 12.8 Å². The van der Waals surface area contributed by atoms with E-state index in [2.05, 4.69) is 17.1 Å². The topological polar surface area (TPSA) is 67.6 Å². The molecule has 5 nitrogen and oxygen atoms in total. The number of anilines is 1. The Morgan fingerprint density at radius 3 is 2.81 bits per heavy atom. The Morgan fingerprint density at radius 1 is 1.38 bits per heavy atom. The molecule has 1 atom stereocenters. The van der Waals surface area contributed by atoms with E-state index in [1.165, 1.54) is 0 Å². The third-order valence-corrected chi connectivity index (χ3v) is 4.33. The van der Waals surface area contributed by atoms with Gasteiger partial charge in [-0.25, -0.2) is 0 Å². The molecule has 1 saturated heterocycles. The summed E-state index contributed by atoms with van der Waals surface area (Å²) in [6.07, 6.45) is 2.42. The predicted octanol–water partition coefficient (Wildman–Crippen LogP) is 1.84. The number of rotatable bonds is 5. The lowest BCUT2D eigenvalue weighted by Crippen LogP contribution is -2.51.